The molecule has 0 aliphatic rings. The summed E-state index contributed by atoms with van der Waals surface area (Å²) in [7, 11) is 0. The predicted octanol–water partition coefficient (Wildman–Crippen LogP) is 15.8. The lowest BCUT2D eigenvalue weighted by atomic mass is 9.85. The van der Waals surface area contributed by atoms with Crippen LogP contribution in [0.25, 0.3) is 104 Å². The van der Waals surface area contributed by atoms with E-state index in [9.17, 15) is 0 Å². The third-order valence-electron chi connectivity index (χ3n) is 13.3. The number of pyridine rings is 4. The van der Waals surface area contributed by atoms with Crippen LogP contribution in [0.15, 0.2) is 225 Å². The second-order valence-electron chi connectivity index (χ2n) is 17.1. The second kappa shape index (κ2) is 15.6. The van der Waals surface area contributed by atoms with E-state index in [1.54, 1.807) is 0 Å². The highest BCUT2D eigenvalue weighted by molar-refractivity contribution is 6.14. The van der Waals surface area contributed by atoms with Gasteiger partial charge in [-0.3, -0.25) is 19.9 Å². The molecular weight excluding hydrogens is 817 g/mol. The molecule has 5 heterocycles. The molecule has 0 aliphatic heterocycles. The zero-order chi connectivity index (χ0) is 44.4. The van der Waals surface area contributed by atoms with Crippen molar-refractivity contribution in [1.29, 1.82) is 0 Å². The monoisotopic (exact) mass is 856 g/mol. The Labute approximate surface area is 386 Å². The molecule has 0 spiro atoms. The molecule has 67 heavy (non-hydrogen) atoms. The fourth-order valence-corrected chi connectivity index (χ4v) is 10.2. The molecule has 5 aromatic heterocycles. The second-order valence-corrected chi connectivity index (χ2v) is 17.1. The minimum atomic E-state index is 0.892. The first kappa shape index (κ1) is 38.5. The maximum Gasteiger partial charge on any atom is 0.0970 e. The van der Waals surface area contributed by atoms with E-state index in [4.69, 9.17) is 19.9 Å². The molecule has 13 rings (SSSR count). The van der Waals surface area contributed by atoms with Gasteiger partial charge in [0.05, 0.1) is 33.1 Å². The average Bonchev–Trinajstić information content (AvgIpc) is 3.73. The van der Waals surface area contributed by atoms with Gasteiger partial charge in [0.25, 0.3) is 0 Å². The summed E-state index contributed by atoms with van der Waals surface area (Å²) in [6.07, 6.45) is 7.41. The molecule has 0 N–H and O–H groups in total. The number of hydrogen-bond acceptors (Lipinski definition) is 5. The maximum absolute atomic E-state index is 4.90. The first-order chi connectivity index (χ1) is 33.2. The molecule has 0 atom stereocenters. The average molecular weight is 857 g/mol. The van der Waals surface area contributed by atoms with Crippen LogP contribution in [0.3, 0.4) is 0 Å². The van der Waals surface area contributed by atoms with Crippen LogP contribution in [0.5, 0.6) is 0 Å². The molecule has 314 valence electrons. The molecule has 6 nitrogen and oxygen atoms in total. The molecule has 0 saturated heterocycles. The Morgan fingerprint density at radius 3 is 1.42 bits per heavy atom. The third kappa shape index (κ3) is 6.33. The van der Waals surface area contributed by atoms with Crippen molar-refractivity contribution >= 4 is 82.5 Å². The van der Waals surface area contributed by atoms with Gasteiger partial charge in [0, 0.05) is 79.9 Å². The smallest absolute Gasteiger partial charge is 0.0970 e. The topological polar surface area (TPSA) is 59.7 Å². The van der Waals surface area contributed by atoms with Crippen molar-refractivity contribution in [1.82, 2.24) is 24.5 Å². The van der Waals surface area contributed by atoms with Gasteiger partial charge in [-0.2, -0.15) is 0 Å². The molecule has 0 bridgehead atoms. The van der Waals surface area contributed by atoms with Crippen LogP contribution < -0.4 is 4.90 Å². The van der Waals surface area contributed by atoms with E-state index < -0.39 is 0 Å². The number of para-hydroxylation sites is 3. The van der Waals surface area contributed by atoms with E-state index in [1.807, 2.05) is 49.1 Å². The van der Waals surface area contributed by atoms with Crippen LogP contribution in [0.1, 0.15) is 5.56 Å². The van der Waals surface area contributed by atoms with Gasteiger partial charge >= 0.3 is 0 Å². The Morgan fingerprint density at radius 2 is 0.836 bits per heavy atom. The summed E-state index contributed by atoms with van der Waals surface area (Å²) in [5.41, 5.74) is 18.2. The van der Waals surface area contributed by atoms with Crippen molar-refractivity contribution in [2.45, 2.75) is 6.92 Å². The molecule has 0 saturated carbocycles. The van der Waals surface area contributed by atoms with Crippen LogP contribution in [0.2, 0.25) is 0 Å². The molecule has 13 aromatic rings. The Bertz CT molecular complexity index is 3870. The maximum atomic E-state index is 4.90. The number of hydrogen-bond donors (Lipinski definition) is 0. The zero-order valence-electron chi connectivity index (χ0n) is 36.5. The van der Waals surface area contributed by atoms with Crippen LogP contribution in [-0.4, -0.2) is 24.5 Å². The van der Waals surface area contributed by atoms with Crippen LogP contribution in [-0.2, 0) is 0 Å². The molecule has 0 radical (unpaired) electrons. The van der Waals surface area contributed by atoms with E-state index in [0.29, 0.717) is 0 Å². The Hall–Kier alpha value is -9.00. The van der Waals surface area contributed by atoms with E-state index in [2.05, 4.69) is 192 Å². The van der Waals surface area contributed by atoms with Gasteiger partial charge < -0.3 is 9.47 Å². The molecule has 6 heteroatoms. The van der Waals surface area contributed by atoms with Crippen molar-refractivity contribution in [2.24, 2.45) is 0 Å². The number of rotatable bonds is 7. The number of aromatic nitrogens is 5. The van der Waals surface area contributed by atoms with E-state index >= 15 is 0 Å². The lowest BCUT2D eigenvalue weighted by Crippen LogP contribution is -2.09. The van der Waals surface area contributed by atoms with Gasteiger partial charge in [-0.1, -0.05) is 91.0 Å². The van der Waals surface area contributed by atoms with Gasteiger partial charge in [-0.15, -0.1) is 0 Å². The number of fused-ring (bicyclic) bond motifs is 9. The highest BCUT2D eigenvalue weighted by Crippen LogP contribution is 2.44. The van der Waals surface area contributed by atoms with E-state index in [-0.39, 0.29) is 0 Å². The van der Waals surface area contributed by atoms with Gasteiger partial charge in [-0.25, -0.2) is 0 Å². The first-order valence-corrected chi connectivity index (χ1v) is 22.6. The van der Waals surface area contributed by atoms with Gasteiger partial charge in [0.15, 0.2) is 0 Å². The van der Waals surface area contributed by atoms with Crippen molar-refractivity contribution in [3.05, 3.63) is 231 Å². The molecular formula is C61H40N6. The third-order valence-corrected chi connectivity index (χ3v) is 13.3. The number of nitrogens with zero attached hydrogens (tertiary/aromatic N) is 6. The van der Waals surface area contributed by atoms with Gasteiger partial charge in [-0.05, 0) is 155 Å². The minimum Gasteiger partial charge on any atom is -0.310 e. The summed E-state index contributed by atoms with van der Waals surface area (Å²) in [6.45, 7) is 2.25. The molecule has 0 aliphatic carbocycles. The fourth-order valence-electron chi connectivity index (χ4n) is 10.2. The molecule has 8 aromatic carbocycles. The summed E-state index contributed by atoms with van der Waals surface area (Å²) in [4.78, 5) is 21.7. The summed E-state index contributed by atoms with van der Waals surface area (Å²) in [6, 6.07) is 71.7. The highest BCUT2D eigenvalue weighted by atomic mass is 15.1. The largest absolute Gasteiger partial charge is 0.310 e. The standard InChI is InChI=1S/C61H40N6/c1-39-51(53-34-41-14-10-30-62-58(41)60-49(53)21-12-32-64-60)36-43(37-52(39)54-35-42-15-11-31-63-59(42)61-50(54)22-13-33-65-61)40-24-26-46(27-25-40)67-56-23-9-8-20-48(56)55-38-47(28-29-57(55)67)66(44-16-4-2-5-17-44)45-18-6-3-7-19-45/h2-38H,1H3. The highest BCUT2D eigenvalue weighted by Gasteiger charge is 2.21. The van der Waals surface area contributed by atoms with E-state index in [1.165, 1.54) is 16.3 Å². The van der Waals surface area contributed by atoms with Crippen LogP contribution in [0.4, 0.5) is 17.1 Å². The van der Waals surface area contributed by atoms with Crippen molar-refractivity contribution in [3.63, 3.8) is 0 Å². The quantitative estimate of drug-likeness (QED) is 0.149. The van der Waals surface area contributed by atoms with Crippen LogP contribution >= 0.6 is 0 Å². The Morgan fingerprint density at radius 1 is 0.343 bits per heavy atom. The number of anilines is 3. The summed E-state index contributed by atoms with van der Waals surface area (Å²) >= 11 is 0. The van der Waals surface area contributed by atoms with E-state index in [0.717, 1.165) is 111 Å². The number of benzene rings is 8. The summed E-state index contributed by atoms with van der Waals surface area (Å²) < 4.78 is 2.39. The molecule has 0 unspecified atom stereocenters. The normalized spacial score (nSPS) is 11.7. The van der Waals surface area contributed by atoms with Crippen molar-refractivity contribution in [3.8, 4) is 39.1 Å². The lowest BCUT2D eigenvalue weighted by Gasteiger charge is -2.25. The lowest BCUT2D eigenvalue weighted by molar-refractivity contribution is 1.18. The zero-order valence-corrected chi connectivity index (χ0v) is 36.5. The summed E-state index contributed by atoms with van der Waals surface area (Å²) in [5.74, 6) is 0. The SMILES string of the molecule is Cc1c(-c2cc3cccnc3c3ncccc23)cc(-c2ccc(-n3c4ccccc4c4cc(N(c5ccccc5)c5ccccc5)ccc43)cc2)cc1-c1cc2cccnc2c2ncccc12. The Kier molecular flexibility index (Phi) is 8.96. The van der Waals surface area contributed by atoms with Gasteiger partial charge in [0.1, 0.15) is 0 Å². The Balaban J connectivity index is 0.996. The predicted molar refractivity (Wildman–Crippen MR) is 278 cm³/mol. The molecule has 0 amide bonds. The first-order valence-electron chi connectivity index (χ1n) is 22.6. The van der Waals surface area contributed by atoms with Crippen molar-refractivity contribution < 1.29 is 0 Å². The fraction of sp³-hybridized carbons (Fsp3) is 0.0164. The van der Waals surface area contributed by atoms with Gasteiger partial charge in [0.2, 0.25) is 0 Å². The molecule has 0 fully saturated rings. The van der Waals surface area contributed by atoms with Crippen LogP contribution in [0, 0.1) is 6.92 Å². The van der Waals surface area contributed by atoms with Crippen molar-refractivity contribution in [2.75, 3.05) is 4.90 Å². The minimum absolute atomic E-state index is 0.892. The summed E-state index contributed by atoms with van der Waals surface area (Å²) in [5, 5.41) is 6.64.